The second-order valence-electron chi connectivity index (χ2n) is 9.42. The first kappa shape index (κ1) is 25.7. The van der Waals surface area contributed by atoms with E-state index in [1.807, 2.05) is 25.8 Å². The Hall–Kier alpha value is -1.52. The topological polar surface area (TPSA) is 112 Å². The number of nitrogens with two attached hydrogens (primary N) is 1. The average molecular weight is 442 g/mol. The zero-order valence-corrected chi connectivity index (χ0v) is 19.6. The molecule has 0 saturated carbocycles. The number of amides is 2. The Kier molecular flexibility index (Phi) is 9.45. The number of ether oxygens (including phenoxy) is 4. The Morgan fingerprint density at radius 3 is 2.52 bits per heavy atom. The van der Waals surface area contributed by atoms with Crippen LogP contribution in [0.25, 0.3) is 0 Å². The molecule has 2 amide bonds. The molecule has 0 radical (unpaired) electrons. The van der Waals surface area contributed by atoms with Gasteiger partial charge in [-0.25, -0.2) is 0 Å². The summed E-state index contributed by atoms with van der Waals surface area (Å²) in [6.45, 7) is 10.4. The lowest BCUT2D eigenvalue weighted by molar-refractivity contribution is -0.173. The van der Waals surface area contributed by atoms with Crippen LogP contribution in [0.5, 0.6) is 0 Å². The molecule has 0 bridgehead atoms. The molecule has 0 aromatic heterocycles. The van der Waals surface area contributed by atoms with Crippen LogP contribution in [0.15, 0.2) is 11.8 Å². The number of carbonyl (C=O) groups excluding carboxylic acids is 2. The molecule has 2 rings (SSSR count). The predicted octanol–water partition coefficient (Wildman–Crippen LogP) is 1.17. The predicted molar refractivity (Wildman–Crippen MR) is 116 cm³/mol. The summed E-state index contributed by atoms with van der Waals surface area (Å²) in [5.41, 5.74) is 5.01. The third-order valence-electron chi connectivity index (χ3n) is 5.95. The number of hydrogen-bond acceptors (Lipinski definition) is 8. The maximum absolute atomic E-state index is 12.8. The molecule has 2 heterocycles. The van der Waals surface area contributed by atoms with Crippen LogP contribution >= 0.6 is 0 Å². The van der Waals surface area contributed by atoms with Gasteiger partial charge in [0.1, 0.15) is 0 Å². The van der Waals surface area contributed by atoms with Gasteiger partial charge in [0.25, 0.3) is 5.91 Å². The van der Waals surface area contributed by atoms with Crippen molar-refractivity contribution in [2.75, 3.05) is 46.6 Å². The Morgan fingerprint density at radius 2 is 1.90 bits per heavy atom. The molecule has 9 nitrogen and oxygen atoms in total. The summed E-state index contributed by atoms with van der Waals surface area (Å²) in [4.78, 5) is 27.1. The standard InChI is InChI=1S/C22H39N3O6/c1-21(2,15-31-19-8-6-7-9-30-19)17(23)12-18(26)24-20(27)22(3,4)25(5)13-16-14-28-10-11-29-16/h12,16,19H,6-11,13-15,23H2,1-5H3,(H,24,26,27). The number of nitrogens with one attached hydrogen (secondary N) is 1. The van der Waals surface area contributed by atoms with Crippen LogP contribution in [-0.4, -0.2) is 81.3 Å². The summed E-state index contributed by atoms with van der Waals surface area (Å²) < 4.78 is 22.5. The van der Waals surface area contributed by atoms with Crippen molar-refractivity contribution in [1.82, 2.24) is 10.2 Å². The summed E-state index contributed by atoms with van der Waals surface area (Å²) >= 11 is 0. The molecule has 178 valence electrons. The molecule has 2 aliphatic rings. The maximum atomic E-state index is 12.8. The van der Waals surface area contributed by atoms with Gasteiger partial charge in [-0.1, -0.05) is 13.8 Å². The molecule has 9 heteroatoms. The monoisotopic (exact) mass is 441 g/mol. The second kappa shape index (κ2) is 11.4. The maximum Gasteiger partial charge on any atom is 0.252 e. The summed E-state index contributed by atoms with van der Waals surface area (Å²) in [7, 11) is 1.82. The number of imide groups is 1. The van der Waals surface area contributed by atoms with Crippen LogP contribution < -0.4 is 11.1 Å². The van der Waals surface area contributed by atoms with E-state index in [0.29, 0.717) is 45.3 Å². The van der Waals surface area contributed by atoms with E-state index in [1.165, 1.54) is 6.08 Å². The smallest absolute Gasteiger partial charge is 0.252 e. The van der Waals surface area contributed by atoms with Gasteiger partial charge in [-0.3, -0.25) is 19.8 Å². The largest absolute Gasteiger partial charge is 0.401 e. The third-order valence-corrected chi connectivity index (χ3v) is 5.95. The van der Waals surface area contributed by atoms with E-state index in [0.717, 1.165) is 19.3 Å². The lowest BCUT2D eigenvalue weighted by Gasteiger charge is -2.37. The van der Waals surface area contributed by atoms with Gasteiger partial charge in [-0.2, -0.15) is 0 Å². The highest BCUT2D eigenvalue weighted by atomic mass is 16.7. The van der Waals surface area contributed by atoms with Gasteiger partial charge >= 0.3 is 0 Å². The number of rotatable bonds is 9. The minimum absolute atomic E-state index is 0.106. The van der Waals surface area contributed by atoms with Gasteiger partial charge in [0.2, 0.25) is 5.91 Å². The average Bonchev–Trinajstić information content (AvgIpc) is 2.73. The lowest BCUT2D eigenvalue weighted by atomic mass is 9.90. The fourth-order valence-corrected chi connectivity index (χ4v) is 3.21. The Morgan fingerprint density at radius 1 is 1.16 bits per heavy atom. The van der Waals surface area contributed by atoms with Crippen molar-refractivity contribution in [1.29, 1.82) is 0 Å². The van der Waals surface area contributed by atoms with Crippen LogP contribution in [0.1, 0.15) is 47.0 Å². The van der Waals surface area contributed by atoms with E-state index in [4.69, 9.17) is 24.7 Å². The molecule has 2 unspecified atom stereocenters. The molecule has 2 fully saturated rings. The zero-order valence-electron chi connectivity index (χ0n) is 19.6. The molecular weight excluding hydrogens is 402 g/mol. The number of hydrogen-bond donors (Lipinski definition) is 2. The number of likely N-dealkylation sites (N-methyl/N-ethyl adjacent to an activating group) is 1. The van der Waals surface area contributed by atoms with Crippen molar-refractivity contribution >= 4 is 11.8 Å². The van der Waals surface area contributed by atoms with Gasteiger partial charge in [0.15, 0.2) is 6.29 Å². The zero-order chi connectivity index (χ0) is 23.1. The molecule has 31 heavy (non-hydrogen) atoms. The number of carbonyl (C=O) groups is 2. The van der Waals surface area contributed by atoms with Crippen LogP contribution in [0.4, 0.5) is 0 Å². The van der Waals surface area contributed by atoms with Crippen LogP contribution in [0.3, 0.4) is 0 Å². The highest BCUT2D eigenvalue weighted by Gasteiger charge is 2.35. The quantitative estimate of drug-likeness (QED) is 0.513. The molecule has 0 aromatic rings. The Balaban J connectivity index is 1.87. The third kappa shape index (κ3) is 7.84. The lowest BCUT2D eigenvalue weighted by Crippen LogP contribution is -2.57. The van der Waals surface area contributed by atoms with Gasteiger partial charge in [-0.15, -0.1) is 0 Å². The summed E-state index contributed by atoms with van der Waals surface area (Å²) in [6, 6.07) is 0. The Bertz CT molecular complexity index is 637. The van der Waals surface area contributed by atoms with Gasteiger partial charge in [0, 0.05) is 30.3 Å². The van der Waals surface area contributed by atoms with Crippen molar-refractivity contribution in [3.8, 4) is 0 Å². The van der Waals surface area contributed by atoms with E-state index in [-0.39, 0.29) is 12.4 Å². The molecule has 2 atom stereocenters. The van der Waals surface area contributed by atoms with Crippen molar-refractivity contribution < 1.29 is 28.5 Å². The highest BCUT2D eigenvalue weighted by Crippen LogP contribution is 2.25. The van der Waals surface area contributed by atoms with Crippen molar-refractivity contribution in [3.63, 3.8) is 0 Å². The highest BCUT2D eigenvalue weighted by molar-refractivity contribution is 6.04. The molecule has 2 aliphatic heterocycles. The fourth-order valence-electron chi connectivity index (χ4n) is 3.21. The van der Waals surface area contributed by atoms with E-state index in [9.17, 15) is 9.59 Å². The van der Waals surface area contributed by atoms with Crippen molar-refractivity contribution in [2.45, 2.75) is 64.9 Å². The van der Waals surface area contributed by atoms with E-state index >= 15 is 0 Å². The first-order valence-corrected chi connectivity index (χ1v) is 11.0. The molecule has 0 aromatic carbocycles. The SMILES string of the molecule is CN(CC1COCCO1)C(C)(C)C(=O)NC(=O)C=C(N)C(C)(C)COC1CCCCO1. The molecule has 0 spiro atoms. The van der Waals surface area contributed by atoms with Crippen molar-refractivity contribution in [3.05, 3.63) is 11.8 Å². The normalized spacial score (nSPS) is 23.6. The first-order valence-electron chi connectivity index (χ1n) is 11.0. The van der Waals surface area contributed by atoms with Crippen LogP contribution in [0.2, 0.25) is 0 Å². The van der Waals surface area contributed by atoms with E-state index in [1.54, 1.807) is 13.8 Å². The molecular formula is C22H39N3O6. The molecule has 2 saturated heterocycles. The second-order valence-corrected chi connectivity index (χ2v) is 9.42. The van der Waals surface area contributed by atoms with Gasteiger partial charge in [-0.05, 0) is 40.2 Å². The van der Waals surface area contributed by atoms with Gasteiger partial charge in [0.05, 0.1) is 38.1 Å². The first-order chi connectivity index (χ1) is 14.5. The molecule has 0 aliphatic carbocycles. The van der Waals surface area contributed by atoms with E-state index < -0.39 is 22.8 Å². The summed E-state index contributed by atoms with van der Waals surface area (Å²) in [5, 5.41) is 2.43. The van der Waals surface area contributed by atoms with Gasteiger partial charge < -0.3 is 24.7 Å². The molecule has 3 N–H and O–H groups in total. The summed E-state index contributed by atoms with van der Waals surface area (Å²) in [5.74, 6) is -0.964. The van der Waals surface area contributed by atoms with Crippen molar-refractivity contribution in [2.24, 2.45) is 11.1 Å². The minimum atomic E-state index is -0.921. The van der Waals surface area contributed by atoms with Crippen LogP contribution in [-0.2, 0) is 28.5 Å². The van der Waals surface area contributed by atoms with Crippen LogP contribution in [0, 0.1) is 5.41 Å². The minimum Gasteiger partial charge on any atom is -0.401 e. The van der Waals surface area contributed by atoms with E-state index in [2.05, 4.69) is 5.32 Å². The number of nitrogens with zero attached hydrogens (tertiary/aromatic N) is 1. The summed E-state index contributed by atoms with van der Waals surface area (Å²) in [6.07, 6.45) is 3.90. The Labute approximate surface area is 185 Å². The fraction of sp³-hybridized carbons (Fsp3) is 0.818.